The van der Waals surface area contributed by atoms with Gasteiger partial charge in [-0.1, -0.05) is 54.6 Å². The Hall–Kier alpha value is -2.48. The molecule has 3 rings (SSSR count). The first kappa shape index (κ1) is 13.5. The van der Waals surface area contributed by atoms with Gasteiger partial charge in [0.15, 0.2) is 0 Å². The highest BCUT2D eigenvalue weighted by Gasteiger charge is 2.13. The van der Waals surface area contributed by atoms with Gasteiger partial charge in [0, 0.05) is 22.8 Å². The van der Waals surface area contributed by atoms with Crippen molar-refractivity contribution < 1.29 is 9.47 Å². The lowest BCUT2D eigenvalue weighted by molar-refractivity contribution is 0.407. The van der Waals surface area contributed by atoms with Crippen molar-refractivity contribution in [3.8, 4) is 11.5 Å². The summed E-state index contributed by atoms with van der Waals surface area (Å²) in [6.45, 7) is 0. The maximum atomic E-state index is 5.67. The van der Waals surface area contributed by atoms with Crippen molar-refractivity contribution in [1.29, 1.82) is 0 Å². The molecule has 21 heavy (non-hydrogen) atoms. The minimum Gasteiger partial charge on any atom is -0.496 e. The van der Waals surface area contributed by atoms with Gasteiger partial charge in [-0.2, -0.15) is 0 Å². The molecule has 2 heteroatoms. The standard InChI is InChI=1S/C19H18O2/c1-20-18-13-15(12-14-8-4-3-5-9-14)19(21-2)17-11-7-6-10-16(17)18/h3-11,13H,12H2,1-2H3. The number of hydrogen-bond donors (Lipinski definition) is 0. The summed E-state index contributed by atoms with van der Waals surface area (Å²) in [5, 5.41) is 2.17. The fourth-order valence-electron chi connectivity index (χ4n) is 2.73. The molecule has 0 saturated heterocycles. The van der Waals surface area contributed by atoms with E-state index in [1.165, 1.54) is 5.56 Å². The quantitative estimate of drug-likeness (QED) is 0.702. The molecule has 0 aliphatic carbocycles. The normalized spacial score (nSPS) is 10.6. The van der Waals surface area contributed by atoms with Crippen LogP contribution in [0.15, 0.2) is 60.7 Å². The summed E-state index contributed by atoms with van der Waals surface area (Å²) >= 11 is 0. The number of benzene rings is 3. The van der Waals surface area contributed by atoms with E-state index in [1.807, 2.05) is 18.2 Å². The van der Waals surface area contributed by atoms with Crippen molar-refractivity contribution in [2.75, 3.05) is 14.2 Å². The first-order valence-corrected chi connectivity index (χ1v) is 7.00. The van der Waals surface area contributed by atoms with Crippen LogP contribution < -0.4 is 9.47 Å². The molecule has 0 aliphatic rings. The van der Waals surface area contributed by atoms with Crippen LogP contribution >= 0.6 is 0 Å². The van der Waals surface area contributed by atoms with Gasteiger partial charge >= 0.3 is 0 Å². The highest BCUT2D eigenvalue weighted by atomic mass is 16.5. The summed E-state index contributed by atoms with van der Waals surface area (Å²) in [7, 11) is 3.43. The predicted molar refractivity (Wildman–Crippen MR) is 86.3 cm³/mol. The van der Waals surface area contributed by atoms with Crippen LogP contribution in [0.4, 0.5) is 0 Å². The lowest BCUT2D eigenvalue weighted by Crippen LogP contribution is -1.97. The molecule has 0 saturated carbocycles. The van der Waals surface area contributed by atoms with Gasteiger partial charge in [0.1, 0.15) is 11.5 Å². The minimum absolute atomic E-state index is 0.825. The predicted octanol–water partition coefficient (Wildman–Crippen LogP) is 4.45. The maximum absolute atomic E-state index is 5.67. The van der Waals surface area contributed by atoms with Crippen molar-refractivity contribution in [2.45, 2.75) is 6.42 Å². The van der Waals surface area contributed by atoms with Crippen LogP contribution in [0.1, 0.15) is 11.1 Å². The van der Waals surface area contributed by atoms with Crippen molar-refractivity contribution >= 4 is 10.8 Å². The molecule has 0 radical (unpaired) electrons. The van der Waals surface area contributed by atoms with E-state index in [4.69, 9.17) is 9.47 Å². The van der Waals surface area contributed by atoms with Crippen LogP contribution in [0.2, 0.25) is 0 Å². The molecule has 106 valence electrons. The summed E-state index contributed by atoms with van der Waals surface area (Å²) < 4.78 is 11.2. The average Bonchev–Trinajstić information content (AvgIpc) is 2.55. The van der Waals surface area contributed by atoms with Crippen molar-refractivity contribution in [1.82, 2.24) is 0 Å². The first-order valence-electron chi connectivity index (χ1n) is 7.00. The summed E-state index contributed by atoms with van der Waals surface area (Å²) in [6, 6.07) is 20.6. The molecule has 0 spiro atoms. The number of hydrogen-bond acceptors (Lipinski definition) is 2. The Morgan fingerprint density at radius 1 is 0.762 bits per heavy atom. The van der Waals surface area contributed by atoms with Gasteiger partial charge in [0.05, 0.1) is 14.2 Å². The molecule has 0 heterocycles. The van der Waals surface area contributed by atoms with Crippen LogP contribution in [0.5, 0.6) is 11.5 Å². The molecular formula is C19H18O2. The molecule has 0 aromatic heterocycles. The van der Waals surface area contributed by atoms with Gasteiger partial charge < -0.3 is 9.47 Å². The second-order valence-electron chi connectivity index (χ2n) is 4.98. The Labute approximate surface area is 124 Å². The van der Waals surface area contributed by atoms with Gasteiger partial charge in [-0.05, 0) is 11.6 Å². The zero-order valence-corrected chi connectivity index (χ0v) is 12.3. The highest BCUT2D eigenvalue weighted by Crippen LogP contribution is 2.37. The van der Waals surface area contributed by atoms with Gasteiger partial charge in [0.2, 0.25) is 0 Å². The molecule has 0 bridgehead atoms. The largest absolute Gasteiger partial charge is 0.496 e. The van der Waals surface area contributed by atoms with Gasteiger partial charge in [0.25, 0.3) is 0 Å². The van der Waals surface area contributed by atoms with E-state index in [9.17, 15) is 0 Å². The Bertz CT molecular complexity index is 748. The number of rotatable bonds is 4. The lowest BCUT2D eigenvalue weighted by atomic mass is 9.99. The van der Waals surface area contributed by atoms with Crippen molar-refractivity contribution in [3.63, 3.8) is 0 Å². The van der Waals surface area contributed by atoms with Gasteiger partial charge in [-0.15, -0.1) is 0 Å². The van der Waals surface area contributed by atoms with Crippen LogP contribution in [0.25, 0.3) is 10.8 Å². The first-order chi connectivity index (χ1) is 10.3. The van der Waals surface area contributed by atoms with Crippen LogP contribution in [0.3, 0.4) is 0 Å². The van der Waals surface area contributed by atoms with E-state index in [0.29, 0.717) is 0 Å². The number of fused-ring (bicyclic) bond motifs is 1. The lowest BCUT2D eigenvalue weighted by Gasteiger charge is -2.15. The average molecular weight is 278 g/mol. The topological polar surface area (TPSA) is 18.5 Å². The van der Waals surface area contributed by atoms with Crippen LogP contribution in [-0.4, -0.2) is 14.2 Å². The Kier molecular flexibility index (Phi) is 3.78. The van der Waals surface area contributed by atoms with E-state index < -0.39 is 0 Å². The van der Waals surface area contributed by atoms with E-state index in [2.05, 4.69) is 42.5 Å². The molecule has 0 amide bonds. The third-order valence-electron chi connectivity index (χ3n) is 3.70. The van der Waals surface area contributed by atoms with Crippen LogP contribution in [0, 0.1) is 0 Å². The molecule has 0 fully saturated rings. The second kappa shape index (κ2) is 5.88. The number of methoxy groups -OCH3 is 2. The van der Waals surface area contributed by atoms with E-state index >= 15 is 0 Å². The number of ether oxygens (including phenoxy) is 2. The fourth-order valence-corrected chi connectivity index (χ4v) is 2.73. The smallest absolute Gasteiger partial charge is 0.130 e. The fraction of sp³-hybridized carbons (Fsp3) is 0.158. The molecule has 0 aliphatic heterocycles. The van der Waals surface area contributed by atoms with Crippen molar-refractivity contribution in [2.24, 2.45) is 0 Å². The Morgan fingerprint density at radius 2 is 1.43 bits per heavy atom. The van der Waals surface area contributed by atoms with Gasteiger partial charge in [-0.3, -0.25) is 0 Å². The Morgan fingerprint density at radius 3 is 2.10 bits per heavy atom. The third kappa shape index (κ3) is 2.57. The zero-order valence-electron chi connectivity index (χ0n) is 12.3. The molecule has 3 aromatic rings. The SMILES string of the molecule is COc1cc(Cc2ccccc2)c(OC)c2ccccc12. The van der Waals surface area contributed by atoms with Crippen molar-refractivity contribution in [3.05, 3.63) is 71.8 Å². The van der Waals surface area contributed by atoms with E-state index in [0.717, 1.165) is 34.3 Å². The molecule has 0 unspecified atom stereocenters. The van der Waals surface area contributed by atoms with E-state index in [1.54, 1.807) is 14.2 Å². The second-order valence-corrected chi connectivity index (χ2v) is 4.98. The van der Waals surface area contributed by atoms with Crippen LogP contribution in [-0.2, 0) is 6.42 Å². The summed E-state index contributed by atoms with van der Waals surface area (Å²) in [5.41, 5.74) is 2.40. The maximum Gasteiger partial charge on any atom is 0.130 e. The summed E-state index contributed by atoms with van der Waals surface area (Å²) in [5.74, 6) is 1.81. The molecule has 2 nitrogen and oxygen atoms in total. The highest BCUT2D eigenvalue weighted by molar-refractivity contribution is 5.94. The minimum atomic E-state index is 0.825. The Balaban J connectivity index is 2.17. The zero-order chi connectivity index (χ0) is 14.7. The van der Waals surface area contributed by atoms with E-state index in [-0.39, 0.29) is 0 Å². The molecule has 0 N–H and O–H groups in total. The summed E-state index contributed by atoms with van der Waals surface area (Å²) in [6.07, 6.45) is 0.825. The summed E-state index contributed by atoms with van der Waals surface area (Å²) in [4.78, 5) is 0. The molecule has 3 aromatic carbocycles. The molecule has 0 atom stereocenters. The molecular weight excluding hydrogens is 260 g/mol. The monoisotopic (exact) mass is 278 g/mol. The van der Waals surface area contributed by atoms with Gasteiger partial charge in [-0.25, -0.2) is 0 Å². The third-order valence-corrected chi connectivity index (χ3v) is 3.70.